The lowest BCUT2D eigenvalue weighted by atomic mass is 10.2. The number of aromatic nitrogens is 2. The number of nitrogens with one attached hydrogen (secondary N) is 1. The van der Waals surface area contributed by atoms with Crippen LogP contribution in [0.5, 0.6) is 0 Å². The minimum Gasteiger partial charge on any atom is -0.320 e. The summed E-state index contributed by atoms with van der Waals surface area (Å²) in [5.74, 6) is -0.293. The standard InChI is InChI=1S/C16H12Cl3N3O/c1-8-5-10(17)3-4-13(8)21-16(23)14-9(2)20-15-12(19)6-11(18)7-22(14)15/h3-7H,1-2H3,(H,21,23). The quantitative estimate of drug-likeness (QED) is 0.679. The Kier molecular flexibility index (Phi) is 4.23. The summed E-state index contributed by atoms with van der Waals surface area (Å²) in [7, 11) is 0. The van der Waals surface area contributed by atoms with Crippen molar-refractivity contribution in [2.24, 2.45) is 0 Å². The van der Waals surface area contributed by atoms with Crippen molar-refractivity contribution in [2.45, 2.75) is 13.8 Å². The molecule has 1 amide bonds. The van der Waals surface area contributed by atoms with E-state index in [-0.39, 0.29) is 5.91 Å². The third-order valence-corrected chi connectivity index (χ3v) is 4.19. The maximum Gasteiger partial charge on any atom is 0.274 e. The normalized spacial score (nSPS) is 11.0. The average molecular weight is 369 g/mol. The topological polar surface area (TPSA) is 46.4 Å². The predicted octanol–water partition coefficient (Wildman–Crippen LogP) is 5.16. The van der Waals surface area contributed by atoms with Crippen molar-refractivity contribution >= 4 is 52.0 Å². The number of amides is 1. The van der Waals surface area contributed by atoms with Crippen LogP contribution in [0.1, 0.15) is 21.7 Å². The second kappa shape index (κ2) is 6.04. The molecule has 1 aromatic carbocycles. The smallest absolute Gasteiger partial charge is 0.274 e. The van der Waals surface area contributed by atoms with Crippen LogP contribution in [0.2, 0.25) is 15.1 Å². The van der Waals surface area contributed by atoms with Crippen molar-refractivity contribution < 1.29 is 4.79 Å². The number of hydrogen-bond donors (Lipinski definition) is 1. The van der Waals surface area contributed by atoms with E-state index in [2.05, 4.69) is 10.3 Å². The van der Waals surface area contributed by atoms with E-state index < -0.39 is 0 Å². The van der Waals surface area contributed by atoms with Crippen LogP contribution in [-0.4, -0.2) is 15.3 Å². The van der Waals surface area contributed by atoms with E-state index in [0.717, 1.165) is 5.56 Å². The van der Waals surface area contributed by atoms with Gasteiger partial charge in [0.05, 0.1) is 15.7 Å². The molecule has 2 heterocycles. The molecule has 0 spiro atoms. The van der Waals surface area contributed by atoms with Crippen molar-refractivity contribution in [3.8, 4) is 0 Å². The lowest BCUT2D eigenvalue weighted by Gasteiger charge is -2.09. The SMILES string of the molecule is Cc1cc(Cl)ccc1NC(=O)c1c(C)nc2c(Cl)cc(Cl)cn12. The van der Waals surface area contributed by atoms with E-state index >= 15 is 0 Å². The molecule has 3 aromatic rings. The predicted molar refractivity (Wildman–Crippen MR) is 94.1 cm³/mol. The van der Waals surface area contributed by atoms with Gasteiger partial charge in [-0.1, -0.05) is 34.8 Å². The van der Waals surface area contributed by atoms with Crippen molar-refractivity contribution in [1.29, 1.82) is 0 Å². The second-order valence-electron chi connectivity index (χ2n) is 5.16. The van der Waals surface area contributed by atoms with Gasteiger partial charge in [-0.2, -0.15) is 0 Å². The molecule has 3 rings (SSSR count). The molecule has 0 saturated heterocycles. The molecule has 1 N–H and O–H groups in total. The molecule has 0 aliphatic heterocycles. The first-order chi connectivity index (χ1) is 10.9. The van der Waals surface area contributed by atoms with Crippen LogP contribution in [0.25, 0.3) is 5.65 Å². The first kappa shape index (κ1) is 16.1. The number of carbonyl (C=O) groups excluding carboxylic acids is 1. The Morgan fingerprint density at radius 1 is 1.13 bits per heavy atom. The van der Waals surface area contributed by atoms with Crippen LogP contribution >= 0.6 is 34.8 Å². The number of hydrogen-bond acceptors (Lipinski definition) is 2. The van der Waals surface area contributed by atoms with E-state index in [4.69, 9.17) is 34.8 Å². The molecule has 23 heavy (non-hydrogen) atoms. The van der Waals surface area contributed by atoms with Gasteiger partial charge < -0.3 is 5.32 Å². The summed E-state index contributed by atoms with van der Waals surface area (Å²) in [6, 6.07) is 6.86. The van der Waals surface area contributed by atoms with Gasteiger partial charge >= 0.3 is 0 Å². The summed E-state index contributed by atoms with van der Waals surface area (Å²) in [4.78, 5) is 17.0. The minimum absolute atomic E-state index is 0.293. The Bertz CT molecular complexity index is 934. The highest BCUT2D eigenvalue weighted by atomic mass is 35.5. The molecule has 0 fully saturated rings. The van der Waals surface area contributed by atoms with Crippen LogP contribution in [0.4, 0.5) is 5.69 Å². The molecule has 0 atom stereocenters. The van der Waals surface area contributed by atoms with Gasteiger partial charge in [-0.25, -0.2) is 4.98 Å². The maximum atomic E-state index is 12.7. The van der Waals surface area contributed by atoms with E-state index in [9.17, 15) is 4.79 Å². The monoisotopic (exact) mass is 367 g/mol. The number of rotatable bonds is 2. The van der Waals surface area contributed by atoms with Crippen LogP contribution in [0.3, 0.4) is 0 Å². The van der Waals surface area contributed by atoms with Gasteiger partial charge in [-0.3, -0.25) is 9.20 Å². The zero-order valence-electron chi connectivity index (χ0n) is 12.3. The molecular formula is C16H12Cl3N3O. The zero-order valence-corrected chi connectivity index (χ0v) is 14.6. The highest BCUT2D eigenvalue weighted by Gasteiger charge is 2.19. The molecule has 0 saturated carbocycles. The third-order valence-electron chi connectivity index (χ3n) is 3.47. The lowest BCUT2D eigenvalue weighted by Crippen LogP contribution is -2.16. The van der Waals surface area contributed by atoms with E-state index in [1.165, 1.54) is 0 Å². The number of fused-ring (bicyclic) bond motifs is 1. The average Bonchev–Trinajstić information content (AvgIpc) is 2.78. The van der Waals surface area contributed by atoms with Crippen LogP contribution in [-0.2, 0) is 0 Å². The van der Waals surface area contributed by atoms with Crippen molar-refractivity contribution in [1.82, 2.24) is 9.38 Å². The van der Waals surface area contributed by atoms with Crippen LogP contribution in [0.15, 0.2) is 30.5 Å². The van der Waals surface area contributed by atoms with Crippen LogP contribution < -0.4 is 5.32 Å². The number of nitrogens with zero attached hydrogens (tertiary/aromatic N) is 2. The van der Waals surface area contributed by atoms with Crippen molar-refractivity contribution in [3.63, 3.8) is 0 Å². The van der Waals surface area contributed by atoms with E-state index in [0.29, 0.717) is 37.8 Å². The maximum absolute atomic E-state index is 12.7. The van der Waals surface area contributed by atoms with Gasteiger partial charge in [0.1, 0.15) is 5.69 Å². The van der Waals surface area contributed by atoms with E-state index in [1.807, 2.05) is 6.92 Å². The molecule has 0 aliphatic rings. The van der Waals surface area contributed by atoms with Crippen molar-refractivity contribution in [2.75, 3.05) is 5.32 Å². The fourth-order valence-electron chi connectivity index (χ4n) is 2.41. The number of halogens is 3. The third kappa shape index (κ3) is 3.02. The molecule has 4 nitrogen and oxygen atoms in total. The summed E-state index contributed by atoms with van der Waals surface area (Å²) in [5.41, 5.74) is 3.00. The summed E-state index contributed by atoms with van der Waals surface area (Å²) >= 11 is 18.1. The minimum atomic E-state index is -0.293. The molecule has 2 aromatic heterocycles. The molecule has 118 valence electrons. The Labute approximate surface area is 148 Å². The highest BCUT2D eigenvalue weighted by molar-refractivity contribution is 6.36. The second-order valence-corrected chi connectivity index (χ2v) is 6.44. The zero-order chi connectivity index (χ0) is 16.7. The number of aryl methyl sites for hydroxylation is 2. The fraction of sp³-hybridized carbons (Fsp3) is 0.125. The Balaban J connectivity index is 2.06. The molecule has 0 aliphatic carbocycles. The summed E-state index contributed by atoms with van der Waals surface area (Å²) in [5, 5.41) is 4.30. The van der Waals surface area contributed by atoms with Crippen molar-refractivity contribution in [3.05, 3.63) is 62.5 Å². The van der Waals surface area contributed by atoms with Gasteiger partial charge in [-0.05, 0) is 43.7 Å². The van der Waals surface area contributed by atoms with Gasteiger partial charge in [0.25, 0.3) is 5.91 Å². The molecule has 0 radical (unpaired) electrons. The first-order valence-electron chi connectivity index (χ1n) is 6.78. The number of anilines is 1. The lowest BCUT2D eigenvalue weighted by molar-refractivity contribution is 0.102. The van der Waals surface area contributed by atoms with Gasteiger partial charge in [0, 0.05) is 16.9 Å². The summed E-state index contributed by atoms with van der Waals surface area (Å²) in [6.07, 6.45) is 1.62. The van der Waals surface area contributed by atoms with Gasteiger partial charge in [-0.15, -0.1) is 0 Å². The molecule has 0 bridgehead atoms. The summed E-state index contributed by atoms with van der Waals surface area (Å²) in [6.45, 7) is 3.62. The number of benzene rings is 1. The Hall–Kier alpha value is -1.75. The first-order valence-corrected chi connectivity index (χ1v) is 7.91. The Morgan fingerprint density at radius 3 is 2.57 bits per heavy atom. The molecule has 0 unspecified atom stereocenters. The number of pyridine rings is 1. The molecule has 7 heteroatoms. The number of carbonyl (C=O) groups is 1. The highest BCUT2D eigenvalue weighted by Crippen LogP contribution is 2.25. The van der Waals surface area contributed by atoms with Crippen LogP contribution in [0, 0.1) is 13.8 Å². The fourth-order valence-corrected chi connectivity index (χ4v) is 3.15. The van der Waals surface area contributed by atoms with Gasteiger partial charge in [0.2, 0.25) is 0 Å². The summed E-state index contributed by atoms with van der Waals surface area (Å²) < 4.78 is 1.60. The van der Waals surface area contributed by atoms with E-state index in [1.54, 1.807) is 41.8 Å². The number of imidazole rings is 1. The largest absolute Gasteiger partial charge is 0.320 e. The molecular weight excluding hydrogens is 357 g/mol. The Morgan fingerprint density at radius 2 is 1.87 bits per heavy atom. The van der Waals surface area contributed by atoms with Gasteiger partial charge in [0.15, 0.2) is 5.65 Å².